The molecule has 1 aliphatic heterocycles. The minimum Gasteiger partial charge on any atom is -0.391 e. The zero-order valence-electron chi connectivity index (χ0n) is 12.9. The number of sulfonamides is 1. The molecule has 2 rings (SSSR count). The predicted octanol–water partition coefficient (Wildman–Crippen LogP) is 0.677. The standard InChI is InChI=1S/C13H22N4O3S2.HI/c1-2-14-13(17-8-5-11(18)10-17)15-6-7-16-22(19,20)12-4-3-9-21-12;/h3-4,9,11,16,18H,2,5-8,10H2,1H3,(H,14,15);1H/t11-;/m1./s1. The highest BCUT2D eigenvalue weighted by Gasteiger charge is 2.22. The van der Waals surface area contributed by atoms with E-state index in [1.54, 1.807) is 17.5 Å². The van der Waals surface area contributed by atoms with E-state index in [1.807, 2.05) is 11.8 Å². The maximum absolute atomic E-state index is 12.0. The van der Waals surface area contributed by atoms with Crippen molar-refractivity contribution in [3.05, 3.63) is 17.5 Å². The minimum atomic E-state index is -3.43. The van der Waals surface area contributed by atoms with Crippen LogP contribution in [0, 0.1) is 0 Å². The third-order valence-electron chi connectivity index (χ3n) is 3.22. The summed E-state index contributed by atoms with van der Waals surface area (Å²) in [7, 11) is -3.43. The topological polar surface area (TPSA) is 94.0 Å². The molecule has 2 heterocycles. The van der Waals surface area contributed by atoms with E-state index < -0.39 is 10.0 Å². The second kappa shape index (κ2) is 9.77. The van der Waals surface area contributed by atoms with Gasteiger partial charge in [-0.15, -0.1) is 35.3 Å². The van der Waals surface area contributed by atoms with Crippen molar-refractivity contribution in [3.8, 4) is 0 Å². The Morgan fingerprint density at radius 3 is 2.91 bits per heavy atom. The van der Waals surface area contributed by atoms with Crippen LogP contribution in [0.4, 0.5) is 0 Å². The van der Waals surface area contributed by atoms with Gasteiger partial charge < -0.3 is 15.3 Å². The van der Waals surface area contributed by atoms with Crippen molar-refractivity contribution >= 4 is 51.3 Å². The van der Waals surface area contributed by atoms with Crippen LogP contribution in [-0.4, -0.2) is 63.2 Å². The molecule has 1 atom stereocenters. The summed E-state index contributed by atoms with van der Waals surface area (Å²) in [6.45, 7) is 4.61. The summed E-state index contributed by atoms with van der Waals surface area (Å²) >= 11 is 1.19. The zero-order chi connectivity index (χ0) is 16.0. The van der Waals surface area contributed by atoms with Gasteiger partial charge in [0.25, 0.3) is 0 Å². The van der Waals surface area contributed by atoms with E-state index in [0.29, 0.717) is 17.3 Å². The fraction of sp³-hybridized carbons (Fsp3) is 0.615. The Morgan fingerprint density at radius 2 is 2.35 bits per heavy atom. The number of halogens is 1. The highest BCUT2D eigenvalue weighted by Crippen LogP contribution is 2.14. The highest BCUT2D eigenvalue weighted by atomic mass is 127. The first-order valence-electron chi connectivity index (χ1n) is 7.27. The summed E-state index contributed by atoms with van der Waals surface area (Å²) in [6.07, 6.45) is 0.413. The molecule has 1 aromatic heterocycles. The summed E-state index contributed by atoms with van der Waals surface area (Å²) in [5, 5.41) is 14.5. The van der Waals surface area contributed by atoms with E-state index >= 15 is 0 Å². The number of rotatable bonds is 6. The van der Waals surface area contributed by atoms with Crippen molar-refractivity contribution in [3.63, 3.8) is 0 Å². The maximum Gasteiger partial charge on any atom is 0.250 e. The van der Waals surface area contributed by atoms with E-state index in [2.05, 4.69) is 15.0 Å². The molecule has 0 bridgehead atoms. The number of aliphatic imine (C=N–C) groups is 1. The van der Waals surface area contributed by atoms with E-state index in [1.165, 1.54) is 11.3 Å². The van der Waals surface area contributed by atoms with Gasteiger partial charge in [0.1, 0.15) is 4.21 Å². The largest absolute Gasteiger partial charge is 0.391 e. The number of aliphatic hydroxyl groups is 1. The van der Waals surface area contributed by atoms with Crippen LogP contribution in [0.15, 0.2) is 26.7 Å². The Hall–Kier alpha value is -0.430. The van der Waals surface area contributed by atoms with Gasteiger partial charge in [0.2, 0.25) is 10.0 Å². The number of aliphatic hydroxyl groups excluding tert-OH is 1. The second-order valence-corrected chi connectivity index (χ2v) is 7.90. The van der Waals surface area contributed by atoms with Crippen LogP contribution in [0.3, 0.4) is 0 Å². The summed E-state index contributed by atoms with van der Waals surface area (Å²) in [6, 6.07) is 3.28. The molecule has 1 saturated heterocycles. The maximum atomic E-state index is 12.0. The Labute approximate surface area is 158 Å². The molecule has 3 N–H and O–H groups in total. The molecule has 1 aromatic rings. The fourth-order valence-corrected chi connectivity index (χ4v) is 4.25. The summed E-state index contributed by atoms with van der Waals surface area (Å²) < 4.78 is 26.8. The summed E-state index contributed by atoms with van der Waals surface area (Å²) in [5.74, 6) is 0.717. The van der Waals surface area contributed by atoms with Crippen molar-refractivity contribution < 1.29 is 13.5 Å². The third kappa shape index (κ3) is 6.18. The predicted molar refractivity (Wildman–Crippen MR) is 103 cm³/mol. The number of likely N-dealkylation sites (tertiary alicyclic amines) is 1. The SMILES string of the molecule is CCNC(=NCCNS(=O)(=O)c1cccs1)N1CC[C@@H](O)C1.I. The first-order valence-corrected chi connectivity index (χ1v) is 9.63. The molecule has 1 aliphatic rings. The lowest BCUT2D eigenvalue weighted by atomic mass is 10.3. The first kappa shape index (κ1) is 20.6. The average molecular weight is 474 g/mol. The first-order chi connectivity index (χ1) is 10.5. The Morgan fingerprint density at radius 1 is 1.57 bits per heavy atom. The van der Waals surface area contributed by atoms with E-state index in [9.17, 15) is 13.5 Å². The molecule has 132 valence electrons. The molecular weight excluding hydrogens is 451 g/mol. The van der Waals surface area contributed by atoms with Crippen molar-refractivity contribution in [1.29, 1.82) is 0 Å². The summed E-state index contributed by atoms with van der Waals surface area (Å²) in [4.78, 5) is 6.40. The van der Waals surface area contributed by atoms with Crippen LogP contribution >= 0.6 is 35.3 Å². The van der Waals surface area contributed by atoms with Gasteiger partial charge in [-0.25, -0.2) is 13.1 Å². The van der Waals surface area contributed by atoms with Gasteiger partial charge in [-0.3, -0.25) is 4.99 Å². The molecule has 0 spiro atoms. The van der Waals surface area contributed by atoms with Crippen LogP contribution < -0.4 is 10.0 Å². The molecule has 10 heteroatoms. The molecule has 0 unspecified atom stereocenters. The lowest BCUT2D eigenvalue weighted by molar-refractivity contribution is 0.188. The quantitative estimate of drug-likeness (QED) is 0.244. The minimum absolute atomic E-state index is 0. The molecule has 0 saturated carbocycles. The molecule has 0 aromatic carbocycles. The monoisotopic (exact) mass is 474 g/mol. The molecule has 23 heavy (non-hydrogen) atoms. The third-order valence-corrected chi connectivity index (χ3v) is 6.08. The van der Waals surface area contributed by atoms with Crippen LogP contribution in [0.2, 0.25) is 0 Å². The van der Waals surface area contributed by atoms with Crippen LogP contribution in [0.5, 0.6) is 0 Å². The Bertz CT molecular complexity index is 592. The highest BCUT2D eigenvalue weighted by molar-refractivity contribution is 14.0. The van der Waals surface area contributed by atoms with Crippen LogP contribution in [-0.2, 0) is 10.0 Å². The molecular formula is C13H23IN4O3S2. The van der Waals surface area contributed by atoms with Gasteiger partial charge in [0.15, 0.2) is 5.96 Å². The lowest BCUT2D eigenvalue weighted by Gasteiger charge is -2.20. The van der Waals surface area contributed by atoms with Crippen molar-refractivity contribution in [2.24, 2.45) is 4.99 Å². The smallest absolute Gasteiger partial charge is 0.250 e. The van der Waals surface area contributed by atoms with Gasteiger partial charge in [-0.1, -0.05) is 6.07 Å². The Balaban J connectivity index is 0.00000264. The number of hydrogen-bond acceptors (Lipinski definition) is 5. The van der Waals surface area contributed by atoms with Gasteiger partial charge in [0.05, 0.1) is 12.6 Å². The molecule has 1 fully saturated rings. The second-order valence-electron chi connectivity index (χ2n) is 4.95. The summed E-state index contributed by atoms with van der Waals surface area (Å²) in [5.41, 5.74) is 0. The zero-order valence-corrected chi connectivity index (χ0v) is 16.9. The van der Waals surface area contributed by atoms with E-state index in [0.717, 1.165) is 25.5 Å². The van der Waals surface area contributed by atoms with Crippen LogP contribution in [0.25, 0.3) is 0 Å². The number of guanidine groups is 1. The number of thiophene rings is 1. The van der Waals surface area contributed by atoms with Crippen LogP contribution in [0.1, 0.15) is 13.3 Å². The molecule has 0 aliphatic carbocycles. The lowest BCUT2D eigenvalue weighted by Crippen LogP contribution is -2.41. The van der Waals surface area contributed by atoms with Gasteiger partial charge >= 0.3 is 0 Å². The van der Waals surface area contributed by atoms with Crippen molar-refractivity contribution in [2.75, 3.05) is 32.7 Å². The number of β-amino-alcohol motifs (C(OH)–C–C–N with tert-alkyl or cyclic N) is 1. The van der Waals surface area contributed by atoms with Gasteiger partial charge in [0, 0.05) is 26.2 Å². The molecule has 0 amide bonds. The van der Waals surface area contributed by atoms with Crippen molar-refractivity contribution in [1.82, 2.24) is 14.9 Å². The number of hydrogen-bond donors (Lipinski definition) is 3. The molecule has 0 radical (unpaired) electrons. The van der Waals surface area contributed by atoms with E-state index in [4.69, 9.17) is 0 Å². The number of nitrogens with zero attached hydrogens (tertiary/aromatic N) is 2. The normalized spacial score (nSPS) is 18.8. The van der Waals surface area contributed by atoms with Gasteiger partial charge in [-0.05, 0) is 24.8 Å². The van der Waals surface area contributed by atoms with E-state index in [-0.39, 0.29) is 36.6 Å². The number of nitrogens with one attached hydrogen (secondary N) is 2. The Kier molecular flexibility index (Phi) is 8.75. The van der Waals surface area contributed by atoms with Gasteiger partial charge in [-0.2, -0.15) is 0 Å². The molecule has 7 nitrogen and oxygen atoms in total. The average Bonchev–Trinajstić information content (AvgIpc) is 3.13. The fourth-order valence-electron chi connectivity index (χ4n) is 2.19. The van der Waals surface area contributed by atoms with Crippen molar-refractivity contribution in [2.45, 2.75) is 23.7 Å².